The average molecular weight is 887 g/mol. The smallest absolute Gasteiger partial charge is 0.306 e. The first kappa shape index (κ1) is 56.9. The van der Waals surface area contributed by atoms with E-state index < -0.39 is 71.2 Å². The minimum Gasteiger partial charge on any atom is -0.462 e. The van der Waals surface area contributed by atoms with Crippen LogP contribution >= 0.6 is 0 Å². The molecule has 0 radical (unpaired) electrons. The van der Waals surface area contributed by atoms with Gasteiger partial charge in [-0.1, -0.05) is 153 Å². The summed E-state index contributed by atoms with van der Waals surface area (Å²) in [6, 6.07) is 0. The fourth-order valence-corrected chi connectivity index (χ4v) is 7.86. The Kier molecular flexibility index (Phi) is 35.8. The van der Waals surface area contributed by atoms with E-state index in [0.29, 0.717) is 12.8 Å². The molecule has 6 unspecified atom stereocenters. The van der Waals surface area contributed by atoms with Crippen LogP contribution in [-0.2, 0) is 38.7 Å². The number of rotatable bonds is 40. The molecule has 1 saturated heterocycles. The van der Waals surface area contributed by atoms with Gasteiger partial charge in [0.25, 0.3) is 10.1 Å². The van der Waals surface area contributed by atoms with Gasteiger partial charge in [0, 0.05) is 12.8 Å². The quantitative estimate of drug-likeness (QED) is 0.0198. The molecule has 0 bridgehead atoms. The van der Waals surface area contributed by atoms with Crippen molar-refractivity contribution in [3.8, 4) is 0 Å². The molecule has 0 aromatic carbocycles. The van der Waals surface area contributed by atoms with Crippen LogP contribution in [0.25, 0.3) is 0 Å². The number of ether oxygens (including phenoxy) is 4. The third-order valence-electron chi connectivity index (χ3n) is 10.9. The van der Waals surface area contributed by atoms with Crippen molar-refractivity contribution in [1.29, 1.82) is 0 Å². The Bertz CT molecular complexity index is 1270. The molecule has 4 N–H and O–H groups in total. The number of esters is 2. The van der Waals surface area contributed by atoms with Crippen molar-refractivity contribution < 1.29 is 56.8 Å². The summed E-state index contributed by atoms with van der Waals surface area (Å²) < 4.78 is 54.1. The third-order valence-corrected chi connectivity index (χ3v) is 11.7. The van der Waals surface area contributed by atoms with E-state index in [0.717, 1.165) is 70.6 Å². The van der Waals surface area contributed by atoms with Gasteiger partial charge < -0.3 is 34.3 Å². The van der Waals surface area contributed by atoms with E-state index in [1.807, 2.05) is 0 Å². The van der Waals surface area contributed by atoms with Crippen LogP contribution < -0.4 is 0 Å². The number of aliphatic hydroxyl groups is 3. The highest BCUT2D eigenvalue weighted by Crippen LogP contribution is 2.24. The topological polar surface area (TPSA) is 186 Å². The van der Waals surface area contributed by atoms with Gasteiger partial charge in [0.05, 0.1) is 6.61 Å². The van der Waals surface area contributed by atoms with Crippen LogP contribution in [-0.4, -0.2) is 96.0 Å². The van der Waals surface area contributed by atoms with Crippen molar-refractivity contribution in [2.45, 2.75) is 237 Å². The van der Waals surface area contributed by atoms with E-state index in [1.54, 1.807) is 0 Å². The Morgan fingerprint density at radius 2 is 0.984 bits per heavy atom. The highest BCUT2D eigenvalue weighted by atomic mass is 32.2. The normalized spacial score (nSPS) is 20.3. The summed E-state index contributed by atoms with van der Waals surface area (Å²) >= 11 is 0. The predicted molar refractivity (Wildman–Crippen MR) is 243 cm³/mol. The zero-order valence-electron chi connectivity index (χ0n) is 38.0. The molecule has 0 amide bonds. The number of hydrogen-bond acceptors (Lipinski definition) is 11. The minimum absolute atomic E-state index is 0.148. The molecule has 0 saturated carbocycles. The Hall–Kier alpha value is -2.13. The molecule has 1 rings (SSSR count). The van der Waals surface area contributed by atoms with Crippen LogP contribution in [0.1, 0.15) is 200 Å². The number of aliphatic hydroxyl groups excluding tert-OH is 3. The van der Waals surface area contributed by atoms with Gasteiger partial charge in [-0.3, -0.25) is 14.1 Å². The Morgan fingerprint density at radius 3 is 1.48 bits per heavy atom. The molecule has 356 valence electrons. The molecule has 1 aliphatic heterocycles. The van der Waals surface area contributed by atoms with Gasteiger partial charge in [0.15, 0.2) is 12.4 Å². The largest absolute Gasteiger partial charge is 0.462 e. The minimum atomic E-state index is -4.61. The lowest BCUT2D eigenvalue weighted by Gasteiger charge is -2.40. The van der Waals surface area contributed by atoms with Crippen LogP contribution in [0.3, 0.4) is 0 Å². The maximum absolute atomic E-state index is 12.8. The molecule has 0 aromatic rings. The molecule has 1 heterocycles. The van der Waals surface area contributed by atoms with E-state index >= 15 is 0 Å². The average Bonchev–Trinajstić information content (AvgIpc) is 3.22. The van der Waals surface area contributed by atoms with Gasteiger partial charge in [-0.2, -0.15) is 8.42 Å². The number of allylic oxidation sites excluding steroid dienone is 6. The summed E-state index contributed by atoms with van der Waals surface area (Å²) in [5.41, 5.74) is 0. The second-order valence-corrected chi connectivity index (χ2v) is 18.3. The summed E-state index contributed by atoms with van der Waals surface area (Å²) in [7, 11) is -4.61. The van der Waals surface area contributed by atoms with Gasteiger partial charge in [0.2, 0.25) is 0 Å². The predicted octanol–water partition coefficient (Wildman–Crippen LogP) is 10.2. The maximum Gasteiger partial charge on any atom is 0.306 e. The number of unbranched alkanes of at least 4 members (excludes halogenated alkanes) is 22. The van der Waals surface area contributed by atoms with Crippen molar-refractivity contribution in [2.75, 3.05) is 19.0 Å². The van der Waals surface area contributed by atoms with E-state index in [-0.39, 0.29) is 19.4 Å². The van der Waals surface area contributed by atoms with Crippen LogP contribution in [0.4, 0.5) is 0 Å². The second-order valence-electron chi connectivity index (χ2n) is 16.8. The molecule has 1 fully saturated rings. The number of hydrogen-bond donors (Lipinski definition) is 4. The van der Waals surface area contributed by atoms with E-state index in [1.165, 1.54) is 89.9 Å². The van der Waals surface area contributed by atoms with Crippen LogP contribution in [0.5, 0.6) is 0 Å². The lowest BCUT2D eigenvalue weighted by molar-refractivity contribution is -0.297. The second kappa shape index (κ2) is 38.3. The standard InChI is InChI=1S/C48H86O12S/c1-3-5-7-9-11-13-15-17-19-21-23-24-26-28-30-32-34-36-43(49)57-38-41(39-58-48-47(53)46(52)45(51)42(60-48)40-61(54,55)56)59-44(50)37-35-33-31-29-27-25-22-20-18-16-14-12-10-8-6-4-2/h14,16-17,19-20,22,41-42,45-48,51-53H,3-13,15,18,21,23-40H2,1-2H3,(H,54,55,56)/b16-14-,19-17-,22-20-. The maximum atomic E-state index is 12.8. The van der Waals surface area contributed by atoms with Gasteiger partial charge >= 0.3 is 11.9 Å². The fraction of sp³-hybridized carbons (Fsp3) is 0.833. The molecule has 13 heteroatoms. The lowest BCUT2D eigenvalue weighted by atomic mass is 10.00. The summed E-state index contributed by atoms with van der Waals surface area (Å²) in [5.74, 6) is -2.00. The molecule has 61 heavy (non-hydrogen) atoms. The van der Waals surface area contributed by atoms with Crippen LogP contribution in [0, 0.1) is 0 Å². The Balaban J connectivity index is 2.43. The van der Waals surface area contributed by atoms with E-state index in [2.05, 4.69) is 50.3 Å². The zero-order chi connectivity index (χ0) is 44.8. The molecule has 6 atom stereocenters. The van der Waals surface area contributed by atoms with Crippen LogP contribution in [0.2, 0.25) is 0 Å². The van der Waals surface area contributed by atoms with Crippen molar-refractivity contribution in [3.05, 3.63) is 36.5 Å². The highest BCUT2D eigenvalue weighted by molar-refractivity contribution is 7.85. The summed E-state index contributed by atoms with van der Waals surface area (Å²) in [6.07, 6.45) is 34.6. The fourth-order valence-electron chi connectivity index (χ4n) is 7.17. The highest BCUT2D eigenvalue weighted by Gasteiger charge is 2.46. The number of carbonyl (C=O) groups is 2. The van der Waals surface area contributed by atoms with Gasteiger partial charge in [-0.25, -0.2) is 0 Å². The lowest BCUT2D eigenvalue weighted by Crippen LogP contribution is -2.60. The van der Waals surface area contributed by atoms with Crippen LogP contribution in [0.15, 0.2) is 36.5 Å². The zero-order valence-corrected chi connectivity index (χ0v) is 38.8. The molecular formula is C48H86O12S. The number of carbonyl (C=O) groups excluding carboxylic acids is 2. The SMILES string of the molecule is CCCCCC/C=C\C/C=C\CCCCCCCC(=O)OC(COC(=O)CCCCCCCCC/C=C\CCCCCCCC)COC1OC(CS(=O)(=O)O)C(O)C(O)C1O. The Labute approximate surface area is 370 Å². The van der Waals surface area contributed by atoms with E-state index in [4.69, 9.17) is 18.9 Å². The molecule has 0 spiro atoms. The summed E-state index contributed by atoms with van der Waals surface area (Å²) in [5, 5.41) is 30.9. The van der Waals surface area contributed by atoms with Crippen molar-refractivity contribution in [3.63, 3.8) is 0 Å². The van der Waals surface area contributed by atoms with Gasteiger partial charge in [-0.05, 0) is 70.6 Å². The Morgan fingerprint density at radius 1 is 0.557 bits per heavy atom. The monoisotopic (exact) mass is 887 g/mol. The van der Waals surface area contributed by atoms with Gasteiger partial charge in [-0.15, -0.1) is 0 Å². The van der Waals surface area contributed by atoms with Gasteiger partial charge in [0.1, 0.15) is 36.8 Å². The first-order valence-electron chi connectivity index (χ1n) is 24.0. The van der Waals surface area contributed by atoms with Crippen molar-refractivity contribution in [1.82, 2.24) is 0 Å². The first-order chi connectivity index (χ1) is 29.5. The summed E-state index contributed by atoms with van der Waals surface area (Å²) in [4.78, 5) is 25.4. The van der Waals surface area contributed by atoms with Crippen molar-refractivity contribution >= 4 is 22.1 Å². The first-order valence-corrected chi connectivity index (χ1v) is 25.7. The third kappa shape index (κ3) is 33.1. The molecule has 0 aromatic heterocycles. The van der Waals surface area contributed by atoms with Crippen molar-refractivity contribution in [2.24, 2.45) is 0 Å². The molecular weight excluding hydrogens is 801 g/mol. The molecule has 0 aliphatic carbocycles. The van der Waals surface area contributed by atoms with E-state index in [9.17, 15) is 37.9 Å². The summed E-state index contributed by atoms with van der Waals surface area (Å²) in [6.45, 7) is 3.73. The molecule has 12 nitrogen and oxygen atoms in total. The molecule has 1 aliphatic rings.